The first-order valence-electron chi connectivity index (χ1n) is 6.76. The van der Waals surface area contributed by atoms with Gasteiger partial charge in [-0.15, -0.1) is 11.3 Å². The number of hydrogen-bond acceptors (Lipinski definition) is 5. The minimum atomic E-state index is -0.456. The Labute approximate surface area is 135 Å². The van der Waals surface area contributed by atoms with Crippen LogP contribution in [0.25, 0.3) is 5.69 Å². The Morgan fingerprint density at radius 1 is 1.26 bits per heavy atom. The van der Waals surface area contributed by atoms with Crippen LogP contribution in [0.2, 0.25) is 0 Å². The van der Waals surface area contributed by atoms with E-state index in [0.29, 0.717) is 16.4 Å². The average molecular weight is 327 g/mol. The zero-order valence-electron chi connectivity index (χ0n) is 12.0. The van der Waals surface area contributed by atoms with Crippen molar-refractivity contribution in [3.8, 4) is 5.69 Å². The highest BCUT2D eigenvalue weighted by Crippen LogP contribution is 2.17. The molecular weight excluding hydrogens is 314 g/mol. The van der Waals surface area contributed by atoms with Gasteiger partial charge in [-0.25, -0.2) is 9.67 Å². The number of anilines is 1. The molecule has 0 saturated carbocycles. The highest BCUT2D eigenvalue weighted by Gasteiger charge is 2.10. The normalized spacial score (nSPS) is 10.4. The number of nitrogens with one attached hydrogen (secondary N) is 1. The van der Waals surface area contributed by atoms with E-state index in [1.165, 1.54) is 11.3 Å². The Balaban J connectivity index is 1.68. The Bertz CT molecular complexity index is 824. The van der Waals surface area contributed by atoms with Gasteiger partial charge in [-0.1, -0.05) is 0 Å². The van der Waals surface area contributed by atoms with E-state index < -0.39 is 5.91 Å². The van der Waals surface area contributed by atoms with Crippen molar-refractivity contribution in [1.29, 1.82) is 0 Å². The number of hydrogen-bond donors (Lipinski definition) is 2. The van der Waals surface area contributed by atoms with Gasteiger partial charge in [0, 0.05) is 23.3 Å². The van der Waals surface area contributed by atoms with Crippen molar-refractivity contribution in [1.82, 2.24) is 14.8 Å². The highest BCUT2D eigenvalue weighted by molar-refractivity contribution is 7.14. The van der Waals surface area contributed by atoms with Crippen LogP contribution in [0, 0.1) is 0 Å². The number of carbonyl (C=O) groups excluding carboxylic acids is 2. The Hall–Kier alpha value is -3.00. The monoisotopic (exact) mass is 327 g/mol. The van der Waals surface area contributed by atoms with Gasteiger partial charge in [0.15, 0.2) is 5.13 Å². The lowest BCUT2D eigenvalue weighted by Gasteiger charge is -2.04. The van der Waals surface area contributed by atoms with Gasteiger partial charge in [-0.05, 0) is 30.3 Å². The molecule has 2 amide bonds. The van der Waals surface area contributed by atoms with E-state index in [4.69, 9.17) is 5.73 Å². The van der Waals surface area contributed by atoms with Gasteiger partial charge in [-0.3, -0.25) is 14.9 Å². The lowest BCUT2D eigenvalue weighted by molar-refractivity contribution is -0.117. The molecule has 1 aromatic carbocycles. The van der Waals surface area contributed by atoms with Crippen LogP contribution in [0.5, 0.6) is 0 Å². The zero-order chi connectivity index (χ0) is 16.2. The van der Waals surface area contributed by atoms with Crippen LogP contribution in [-0.4, -0.2) is 26.6 Å². The lowest BCUT2D eigenvalue weighted by atomic mass is 10.2. The molecule has 0 aliphatic carbocycles. The number of amides is 2. The van der Waals surface area contributed by atoms with Gasteiger partial charge in [0.2, 0.25) is 5.91 Å². The minimum Gasteiger partial charge on any atom is -0.369 e. The third kappa shape index (κ3) is 3.61. The number of nitrogens with zero attached hydrogens (tertiary/aromatic N) is 3. The zero-order valence-corrected chi connectivity index (χ0v) is 12.8. The van der Waals surface area contributed by atoms with Crippen molar-refractivity contribution < 1.29 is 9.59 Å². The molecule has 0 spiro atoms. The maximum atomic E-state index is 12.2. The summed E-state index contributed by atoms with van der Waals surface area (Å²) in [6, 6.07) is 8.87. The van der Waals surface area contributed by atoms with Crippen LogP contribution in [0.15, 0.2) is 48.1 Å². The summed E-state index contributed by atoms with van der Waals surface area (Å²) in [4.78, 5) is 27.2. The van der Waals surface area contributed by atoms with Crippen LogP contribution in [0.4, 0.5) is 5.13 Å². The molecule has 0 aliphatic rings. The quantitative estimate of drug-likeness (QED) is 0.743. The van der Waals surface area contributed by atoms with E-state index in [1.807, 2.05) is 24.4 Å². The minimum absolute atomic E-state index is 0.0605. The summed E-state index contributed by atoms with van der Waals surface area (Å²) >= 11 is 1.25. The predicted molar refractivity (Wildman–Crippen MR) is 86.5 cm³/mol. The number of primary amides is 1. The predicted octanol–water partition coefficient (Wildman–Crippen LogP) is 1.61. The van der Waals surface area contributed by atoms with Crippen LogP contribution in [-0.2, 0) is 11.2 Å². The summed E-state index contributed by atoms with van der Waals surface area (Å²) in [5.74, 6) is -0.723. The van der Waals surface area contributed by atoms with E-state index in [2.05, 4.69) is 15.4 Å². The summed E-state index contributed by atoms with van der Waals surface area (Å²) < 4.78 is 1.71. The van der Waals surface area contributed by atoms with Crippen molar-refractivity contribution in [2.24, 2.45) is 5.73 Å². The highest BCUT2D eigenvalue weighted by atomic mass is 32.1. The first-order chi connectivity index (χ1) is 11.1. The fourth-order valence-electron chi connectivity index (χ4n) is 1.98. The number of benzene rings is 1. The van der Waals surface area contributed by atoms with Crippen molar-refractivity contribution in [3.05, 3.63) is 59.4 Å². The van der Waals surface area contributed by atoms with Crippen molar-refractivity contribution in [3.63, 3.8) is 0 Å². The van der Waals surface area contributed by atoms with Gasteiger partial charge in [0.1, 0.15) is 0 Å². The summed E-state index contributed by atoms with van der Waals surface area (Å²) in [7, 11) is 0. The maximum absolute atomic E-state index is 12.2. The largest absolute Gasteiger partial charge is 0.369 e. The standard InChI is InChI=1S/C15H13N5O2S/c16-13(21)8-11-9-23-15(18-11)19-14(22)10-2-4-12(5-3-10)20-7-1-6-17-20/h1-7,9H,8H2,(H2,16,21)(H,18,19,22). The topological polar surface area (TPSA) is 103 Å². The van der Waals surface area contributed by atoms with Crippen LogP contribution in [0.1, 0.15) is 16.1 Å². The molecule has 3 aromatic rings. The summed E-state index contributed by atoms with van der Waals surface area (Å²) in [6.45, 7) is 0. The Morgan fingerprint density at radius 2 is 2.04 bits per heavy atom. The van der Waals surface area contributed by atoms with Crippen molar-refractivity contribution >= 4 is 28.3 Å². The Kier molecular flexibility index (Phi) is 4.15. The second-order valence-corrected chi connectivity index (χ2v) is 5.60. The first kappa shape index (κ1) is 14.9. The van der Waals surface area contributed by atoms with Gasteiger partial charge < -0.3 is 5.73 Å². The SMILES string of the molecule is NC(=O)Cc1csc(NC(=O)c2ccc(-n3cccn3)cc2)n1. The summed E-state index contributed by atoms with van der Waals surface area (Å²) in [5, 5.41) is 8.95. The third-order valence-electron chi connectivity index (χ3n) is 3.03. The first-order valence-corrected chi connectivity index (χ1v) is 7.64. The average Bonchev–Trinajstić information content (AvgIpc) is 3.19. The molecular formula is C15H13N5O2S. The molecule has 0 atom stereocenters. The lowest BCUT2D eigenvalue weighted by Crippen LogP contribution is -2.14. The maximum Gasteiger partial charge on any atom is 0.257 e. The van der Waals surface area contributed by atoms with Crippen molar-refractivity contribution in [2.45, 2.75) is 6.42 Å². The van der Waals surface area contributed by atoms with E-state index in [1.54, 1.807) is 28.4 Å². The van der Waals surface area contributed by atoms with E-state index in [-0.39, 0.29) is 12.3 Å². The fourth-order valence-corrected chi connectivity index (χ4v) is 2.69. The number of rotatable bonds is 5. The number of nitrogens with two attached hydrogens (primary N) is 1. The molecule has 116 valence electrons. The number of carbonyl (C=O) groups is 2. The van der Waals surface area contributed by atoms with Crippen LogP contribution in [0.3, 0.4) is 0 Å². The molecule has 23 heavy (non-hydrogen) atoms. The molecule has 7 nitrogen and oxygen atoms in total. The number of aromatic nitrogens is 3. The van der Waals surface area contributed by atoms with Crippen LogP contribution >= 0.6 is 11.3 Å². The molecule has 3 N–H and O–H groups in total. The third-order valence-corrected chi connectivity index (χ3v) is 3.83. The van der Waals surface area contributed by atoms with E-state index >= 15 is 0 Å². The summed E-state index contributed by atoms with van der Waals surface area (Å²) in [5.41, 5.74) is 7.03. The molecule has 0 fully saturated rings. The Morgan fingerprint density at radius 3 is 2.70 bits per heavy atom. The smallest absolute Gasteiger partial charge is 0.257 e. The van der Waals surface area contributed by atoms with Gasteiger partial charge >= 0.3 is 0 Å². The second kappa shape index (κ2) is 6.41. The molecule has 0 saturated heterocycles. The molecule has 0 aliphatic heterocycles. The number of thiazole rings is 1. The molecule has 8 heteroatoms. The molecule has 0 bridgehead atoms. The van der Waals surface area contributed by atoms with Gasteiger partial charge in [0.05, 0.1) is 17.8 Å². The van der Waals surface area contributed by atoms with Gasteiger partial charge in [-0.2, -0.15) is 5.10 Å². The molecule has 0 radical (unpaired) electrons. The van der Waals surface area contributed by atoms with Crippen LogP contribution < -0.4 is 11.1 Å². The molecule has 2 heterocycles. The summed E-state index contributed by atoms with van der Waals surface area (Å²) in [6.07, 6.45) is 3.57. The molecule has 3 rings (SSSR count). The van der Waals surface area contributed by atoms with Gasteiger partial charge in [0.25, 0.3) is 5.91 Å². The fraction of sp³-hybridized carbons (Fsp3) is 0.0667. The second-order valence-electron chi connectivity index (χ2n) is 4.74. The van der Waals surface area contributed by atoms with E-state index in [9.17, 15) is 9.59 Å². The van der Waals surface area contributed by atoms with E-state index in [0.717, 1.165) is 5.69 Å². The molecule has 2 aromatic heterocycles. The molecule has 0 unspecified atom stereocenters. The van der Waals surface area contributed by atoms with Crippen molar-refractivity contribution in [2.75, 3.05) is 5.32 Å².